The van der Waals surface area contributed by atoms with E-state index < -0.39 is 5.97 Å². The van der Waals surface area contributed by atoms with E-state index in [1.807, 2.05) is 6.92 Å². The van der Waals surface area contributed by atoms with Crippen LogP contribution in [-0.4, -0.2) is 22.8 Å². The summed E-state index contributed by atoms with van der Waals surface area (Å²) in [7, 11) is 0. The standard InChI is InChI=1S/C6H9N3O3/c1-2-8-3-4(6(10)11)12-9-5(3)7/h8H,2H2,1H3,(H2,7,9)(H,10,11). The van der Waals surface area contributed by atoms with E-state index in [2.05, 4.69) is 15.0 Å². The number of hydrogen-bond donors (Lipinski definition) is 3. The summed E-state index contributed by atoms with van der Waals surface area (Å²) >= 11 is 0. The monoisotopic (exact) mass is 171 g/mol. The lowest BCUT2D eigenvalue weighted by Gasteiger charge is -1.98. The second-order valence-electron chi connectivity index (χ2n) is 2.11. The van der Waals surface area contributed by atoms with Crippen LogP contribution in [0.15, 0.2) is 4.52 Å². The molecule has 6 heteroatoms. The van der Waals surface area contributed by atoms with Crippen LogP contribution in [0.3, 0.4) is 0 Å². The molecule has 0 amide bonds. The summed E-state index contributed by atoms with van der Waals surface area (Å²) < 4.78 is 4.47. The van der Waals surface area contributed by atoms with Crippen LogP contribution in [0.5, 0.6) is 0 Å². The number of carboxylic acids is 1. The number of nitrogens with one attached hydrogen (secondary N) is 1. The number of nitrogens with two attached hydrogens (primary N) is 1. The lowest BCUT2D eigenvalue weighted by atomic mass is 10.3. The third-order valence-corrected chi connectivity index (χ3v) is 1.27. The average molecular weight is 171 g/mol. The molecular weight excluding hydrogens is 162 g/mol. The fraction of sp³-hybridized carbons (Fsp3) is 0.333. The quantitative estimate of drug-likeness (QED) is 0.608. The van der Waals surface area contributed by atoms with Gasteiger partial charge in [0.2, 0.25) is 0 Å². The molecule has 0 aromatic carbocycles. The number of carbonyl (C=O) groups is 1. The van der Waals surface area contributed by atoms with Crippen LogP contribution < -0.4 is 11.1 Å². The molecule has 0 atom stereocenters. The fourth-order valence-electron chi connectivity index (χ4n) is 0.796. The number of anilines is 2. The van der Waals surface area contributed by atoms with E-state index in [9.17, 15) is 4.79 Å². The molecule has 0 radical (unpaired) electrons. The highest BCUT2D eigenvalue weighted by atomic mass is 16.5. The van der Waals surface area contributed by atoms with Crippen LogP contribution in [0.1, 0.15) is 17.5 Å². The maximum absolute atomic E-state index is 10.5. The maximum Gasteiger partial charge on any atom is 0.377 e. The van der Waals surface area contributed by atoms with Gasteiger partial charge in [0.15, 0.2) is 5.82 Å². The first-order valence-electron chi connectivity index (χ1n) is 3.39. The zero-order chi connectivity index (χ0) is 9.14. The minimum absolute atomic E-state index is 0.0641. The van der Waals surface area contributed by atoms with E-state index in [1.165, 1.54) is 0 Å². The lowest BCUT2D eigenvalue weighted by molar-refractivity contribution is 0.0653. The molecule has 0 saturated heterocycles. The summed E-state index contributed by atoms with van der Waals surface area (Å²) in [6.07, 6.45) is 0. The Balaban J connectivity index is 3.03. The largest absolute Gasteiger partial charge is 0.475 e. The summed E-state index contributed by atoms with van der Waals surface area (Å²) in [5, 5.41) is 14.6. The van der Waals surface area contributed by atoms with Crippen LogP contribution in [0.25, 0.3) is 0 Å². The zero-order valence-corrected chi connectivity index (χ0v) is 6.50. The van der Waals surface area contributed by atoms with Crippen LogP contribution in [0.2, 0.25) is 0 Å². The number of aromatic nitrogens is 1. The van der Waals surface area contributed by atoms with Crippen molar-refractivity contribution < 1.29 is 14.4 Å². The lowest BCUT2D eigenvalue weighted by Crippen LogP contribution is -2.04. The smallest absolute Gasteiger partial charge is 0.377 e. The van der Waals surface area contributed by atoms with Crippen molar-refractivity contribution >= 4 is 17.5 Å². The Labute approximate surface area is 68.3 Å². The number of nitrogen functional groups attached to an aromatic ring is 1. The van der Waals surface area contributed by atoms with E-state index >= 15 is 0 Å². The van der Waals surface area contributed by atoms with Gasteiger partial charge in [-0.25, -0.2) is 4.79 Å². The Morgan fingerprint density at radius 3 is 3.00 bits per heavy atom. The second kappa shape index (κ2) is 3.12. The highest BCUT2D eigenvalue weighted by Gasteiger charge is 2.18. The molecule has 0 aliphatic rings. The molecule has 4 N–H and O–H groups in total. The normalized spacial score (nSPS) is 9.75. The Bertz CT molecular complexity index is 294. The Morgan fingerprint density at radius 1 is 1.83 bits per heavy atom. The number of rotatable bonds is 3. The van der Waals surface area contributed by atoms with Crippen molar-refractivity contribution in [2.45, 2.75) is 6.92 Å². The molecule has 1 rings (SSSR count). The van der Waals surface area contributed by atoms with Crippen LogP contribution in [0.4, 0.5) is 11.5 Å². The van der Waals surface area contributed by atoms with Crippen LogP contribution in [-0.2, 0) is 0 Å². The van der Waals surface area contributed by atoms with Crippen molar-refractivity contribution in [2.75, 3.05) is 17.6 Å². The summed E-state index contributed by atoms with van der Waals surface area (Å²) in [5.41, 5.74) is 5.58. The van der Waals surface area contributed by atoms with Crippen molar-refractivity contribution in [1.82, 2.24) is 5.16 Å². The summed E-state index contributed by atoms with van der Waals surface area (Å²) in [6, 6.07) is 0. The average Bonchev–Trinajstić information content (AvgIpc) is 2.34. The Morgan fingerprint density at radius 2 is 2.50 bits per heavy atom. The number of nitrogens with zero attached hydrogens (tertiary/aromatic N) is 1. The van der Waals surface area contributed by atoms with E-state index in [0.29, 0.717) is 6.54 Å². The molecule has 0 bridgehead atoms. The topological polar surface area (TPSA) is 101 Å². The number of hydrogen-bond acceptors (Lipinski definition) is 5. The molecule has 0 spiro atoms. The van der Waals surface area contributed by atoms with Gasteiger partial charge in [0.05, 0.1) is 0 Å². The molecule has 0 aliphatic carbocycles. The van der Waals surface area contributed by atoms with E-state index in [4.69, 9.17) is 10.8 Å². The third kappa shape index (κ3) is 1.31. The second-order valence-corrected chi connectivity index (χ2v) is 2.11. The van der Waals surface area contributed by atoms with E-state index in [-0.39, 0.29) is 17.3 Å². The van der Waals surface area contributed by atoms with Gasteiger partial charge < -0.3 is 20.7 Å². The van der Waals surface area contributed by atoms with Gasteiger partial charge in [0.25, 0.3) is 5.76 Å². The van der Waals surface area contributed by atoms with Gasteiger partial charge in [-0.15, -0.1) is 0 Å². The third-order valence-electron chi connectivity index (χ3n) is 1.27. The summed E-state index contributed by atoms with van der Waals surface area (Å²) in [6.45, 7) is 2.38. The van der Waals surface area contributed by atoms with Gasteiger partial charge >= 0.3 is 5.97 Å². The maximum atomic E-state index is 10.5. The van der Waals surface area contributed by atoms with Crippen molar-refractivity contribution in [1.29, 1.82) is 0 Å². The molecule has 0 saturated carbocycles. The molecule has 0 unspecified atom stereocenters. The van der Waals surface area contributed by atoms with Crippen molar-refractivity contribution in [2.24, 2.45) is 0 Å². The van der Waals surface area contributed by atoms with Crippen LogP contribution in [0, 0.1) is 0 Å². The minimum atomic E-state index is -1.19. The highest BCUT2D eigenvalue weighted by Crippen LogP contribution is 2.22. The molecule has 0 aliphatic heterocycles. The Hall–Kier alpha value is -1.72. The molecular formula is C6H9N3O3. The van der Waals surface area contributed by atoms with Crippen LogP contribution >= 0.6 is 0 Å². The minimum Gasteiger partial charge on any atom is -0.475 e. The number of carboxylic acid groups (broad SMARTS) is 1. The molecule has 1 heterocycles. The predicted octanol–water partition coefficient (Wildman–Crippen LogP) is 0.387. The van der Waals surface area contributed by atoms with E-state index in [0.717, 1.165) is 0 Å². The first-order chi connectivity index (χ1) is 5.66. The van der Waals surface area contributed by atoms with Crippen molar-refractivity contribution in [3.8, 4) is 0 Å². The molecule has 1 aromatic heterocycles. The molecule has 0 fully saturated rings. The molecule has 6 nitrogen and oxygen atoms in total. The first kappa shape index (κ1) is 8.38. The van der Waals surface area contributed by atoms with Gasteiger partial charge in [-0.1, -0.05) is 5.16 Å². The van der Waals surface area contributed by atoms with Gasteiger partial charge in [-0.2, -0.15) is 0 Å². The fourth-order valence-corrected chi connectivity index (χ4v) is 0.796. The first-order valence-corrected chi connectivity index (χ1v) is 3.39. The van der Waals surface area contributed by atoms with Gasteiger partial charge in [-0.05, 0) is 6.92 Å². The van der Waals surface area contributed by atoms with E-state index in [1.54, 1.807) is 0 Å². The van der Waals surface area contributed by atoms with Crippen molar-refractivity contribution in [3.05, 3.63) is 5.76 Å². The number of aromatic carboxylic acids is 1. The zero-order valence-electron chi connectivity index (χ0n) is 6.50. The van der Waals surface area contributed by atoms with Crippen molar-refractivity contribution in [3.63, 3.8) is 0 Å². The van der Waals surface area contributed by atoms with Gasteiger partial charge in [0, 0.05) is 6.54 Å². The SMILES string of the molecule is CCNc1c(N)noc1C(=O)O. The molecule has 66 valence electrons. The molecule has 1 aromatic rings. The summed E-state index contributed by atoms with van der Waals surface area (Å²) in [5.74, 6) is -1.38. The van der Waals surface area contributed by atoms with Gasteiger partial charge in [0.1, 0.15) is 5.69 Å². The summed E-state index contributed by atoms with van der Waals surface area (Å²) in [4.78, 5) is 10.5. The molecule has 12 heavy (non-hydrogen) atoms. The van der Waals surface area contributed by atoms with Gasteiger partial charge in [-0.3, -0.25) is 0 Å². The Kier molecular flexibility index (Phi) is 2.18. The predicted molar refractivity (Wildman–Crippen MR) is 42.0 cm³/mol. The highest BCUT2D eigenvalue weighted by molar-refractivity contribution is 5.93.